The van der Waals surface area contributed by atoms with Crippen molar-refractivity contribution in [2.75, 3.05) is 20.1 Å². The van der Waals surface area contributed by atoms with Crippen molar-refractivity contribution in [2.24, 2.45) is 17.1 Å². The van der Waals surface area contributed by atoms with E-state index in [1.807, 2.05) is 49.5 Å². The number of allylic oxidation sites excluding steroid dienone is 2. The summed E-state index contributed by atoms with van der Waals surface area (Å²) in [6, 6.07) is 15.9. The van der Waals surface area contributed by atoms with E-state index in [0.29, 0.717) is 24.4 Å². The summed E-state index contributed by atoms with van der Waals surface area (Å²) in [5, 5.41) is 29.1. The molecule has 1 aromatic carbocycles. The number of hydrogen-bond donors (Lipinski definition) is 1. The van der Waals surface area contributed by atoms with E-state index >= 15 is 0 Å². The van der Waals surface area contributed by atoms with Gasteiger partial charge < -0.3 is 10.6 Å². The second-order valence-corrected chi connectivity index (χ2v) is 6.29. The second-order valence-electron chi connectivity index (χ2n) is 6.29. The highest BCUT2D eigenvalue weighted by Crippen LogP contribution is 2.52. The molecular weight excluding hydrogens is 298 g/mol. The molecule has 1 aliphatic heterocycles. The molecule has 0 saturated heterocycles. The lowest BCUT2D eigenvalue weighted by Gasteiger charge is -2.44. The standard InChI is InChI=1S/C19H17N5/c1-24-8-7-15-14(10-24)17(13-5-3-2-4-6-13)18(23)16(9-20)19(15,11-21)12-22/h2-7,14,17H,8,10,23H2,1H3. The molecule has 2 atom stereocenters. The second kappa shape index (κ2) is 5.85. The Labute approximate surface area is 141 Å². The molecule has 2 aliphatic rings. The lowest BCUT2D eigenvalue weighted by atomic mass is 9.59. The Morgan fingerprint density at radius 3 is 2.42 bits per heavy atom. The van der Waals surface area contributed by atoms with Gasteiger partial charge in [-0.2, -0.15) is 15.8 Å². The first-order valence-corrected chi connectivity index (χ1v) is 7.75. The summed E-state index contributed by atoms with van der Waals surface area (Å²) >= 11 is 0. The smallest absolute Gasteiger partial charge is 0.201 e. The summed E-state index contributed by atoms with van der Waals surface area (Å²) in [7, 11) is 2.00. The largest absolute Gasteiger partial charge is 0.401 e. The van der Waals surface area contributed by atoms with Crippen molar-refractivity contribution in [3.63, 3.8) is 0 Å². The summed E-state index contributed by atoms with van der Waals surface area (Å²) < 4.78 is 0. The van der Waals surface area contributed by atoms with E-state index in [1.165, 1.54) is 0 Å². The predicted octanol–water partition coefficient (Wildman–Crippen LogP) is 2.04. The topological polar surface area (TPSA) is 101 Å². The fourth-order valence-electron chi connectivity index (χ4n) is 3.85. The molecule has 5 heteroatoms. The van der Waals surface area contributed by atoms with Gasteiger partial charge in [0.1, 0.15) is 0 Å². The average Bonchev–Trinajstić information content (AvgIpc) is 2.61. The van der Waals surface area contributed by atoms with Crippen LogP contribution >= 0.6 is 0 Å². The van der Waals surface area contributed by atoms with Crippen LogP contribution in [0.2, 0.25) is 0 Å². The normalized spacial score (nSPS) is 25.7. The van der Waals surface area contributed by atoms with Crippen molar-refractivity contribution in [2.45, 2.75) is 5.92 Å². The molecular formula is C19H17N5. The first-order chi connectivity index (χ1) is 11.6. The van der Waals surface area contributed by atoms with Crippen LogP contribution in [0, 0.1) is 45.3 Å². The maximum Gasteiger partial charge on any atom is 0.201 e. The van der Waals surface area contributed by atoms with Crippen molar-refractivity contribution >= 4 is 0 Å². The van der Waals surface area contributed by atoms with Crippen LogP contribution in [-0.2, 0) is 0 Å². The molecule has 2 N–H and O–H groups in total. The molecule has 24 heavy (non-hydrogen) atoms. The molecule has 1 aliphatic carbocycles. The molecule has 2 unspecified atom stereocenters. The van der Waals surface area contributed by atoms with E-state index in [1.54, 1.807) is 0 Å². The lowest BCUT2D eigenvalue weighted by molar-refractivity contribution is 0.263. The zero-order chi connectivity index (χ0) is 17.3. The number of benzene rings is 1. The fourth-order valence-corrected chi connectivity index (χ4v) is 3.85. The van der Waals surface area contributed by atoms with Crippen LogP contribution < -0.4 is 5.73 Å². The van der Waals surface area contributed by atoms with E-state index in [9.17, 15) is 15.8 Å². The van der Waals surface area contributed by atoms with Crippen molar-refractivity contribution in [1.82, 2.24) is 4.90 Å². The minimum atomic E-state index is -1.57. The Balaban J connectivity index is 2.31. The molecule has 0 bridgehead atoms. The molecule has 0 saturated carbocycles. The summed E-state index contributed by atoms with van der Waals surface area (Å²) in [6.07, 6.45) is 1.92. The zero-order valence-corrected chi connectivity index (χ0v) is 13.4. The summed E-state index contributed by atoms with van der Waals surface area (Å²) in [5.74, 6) is -0.299. The summed E-state index contributed by atoms with van der Waals surface area (Å²) in [6.45, 7) is 1.34. The van der Waals surface area contributed by atoms with Gasteiger partial charge in [0.05, 0.1) is 23.8 Å². The van der Waals surface area contributed by atoms with Gasteiger partial charge in [0.25, 0.3) is 0 Å². The van der Waals surface area contributed by atoms with E-state index in [4.69, 9.17) is 5.73 Å². The molecule has 0 aromatic heterocycles. The molecule has 0 fully saturated rings. The molecule has 118 valence electrons. The third-order valence-corrected chi connectivity index (χ3v) is 4.97. The van der Waals surface area contributed by atoms with Gasteiger partial charge in [0, 0.05) is 30.6 Å². The third kappa shape index (κ3) is 2.09. The Hall–Kier alpha value is -3.07. The minimum Gasteiger partial charge on any atom is -0.401 e. The maximum absolute atomic E-state index is 9.75. The number of nitriles is 3. The van der Waals surface area contributed by atoms with Crippen LogP contribution in [-0.4, -0.2) is 25.0 Å². The number of likely N-dealkylation sites (N-methyl/N-ethyl adjacent to an activating group) is 1. The van der Waals surface area contributed by atoms with Crippen molar-refractivity contribution in [1.29, 1.82) is 15.8 Å². The minimum absolute atomic E-state index is 0.0772. The van der Waals surface area contributed by atoms with Crippen molar-refractivity contribution in [3.8, 4) is 18.2 Å². The van der Waals surface area contributed by atoms with Crippen LogP contribution in [0.4, 0.5) is 0 Å². The Bertz CT molecular complexity index is 830. The van der Waals surface area contributed by atoms with E-state index in [2.05, 4.69) is 17.0 Å². The maximum atomic E-state index is 9.75. The molecule has 0 spiro atoms. The summed E-state index contributed by atoms with van der Waals surface area (Å²) in [4.78, 5) is 2.13. The van der Waals surface area contributed by atoms with Crippen molar-refractivity contribution < 1.29 is 0 Å². The number of fused-ring (bicyclic) bond motifs is 1. The van der Waals surface area contributed by atoms with Crippen molar-refractivity contribution in [3.05, 3.63) is 58.8 Å². The van der Waals surface area contributed by atoms with Gasteiger partial charge in [-0.3, -0.25) is 0 Å². The molecule has 3 rings (SSSR count). The average molecular weight is 315 g/mol. The van der Waals surface area contributed by atoms with Crippen LogP contribution in [0.1, 0.15) is 11.5 Å². The molecule has 1 aromatic rings. The van der Waals surface area contributed by atoms with Crippen LogP contribution in [0.5, 0.6) is 0 Å². The highest BCUT2D eigenvalue weighted by Gasteiger charge is 2.52. The monoisotopic (exact) mass is 315 g/mol. The number of nitrogens with two attached hydrogens (primary N) is 1. The first-order valence-electron chi connectivity index (χ1n) is 7.75. The first kappa shape index (κ1) is 15.8. The fraction of sp³-hybridized carbons (Fsp3) is 0.316. The van der Waals surface area contributed by atoms with Gasteiger partial charge in [0.15, 0.2) is 0 Å². The third-order valence-electron chi connectivity index (χ3n) is 4.97. The Morgan fingerprint density at radius 2 is 1.83 bits per heavy atom. The van der Waals surface area contributed by atoms with Gasteiger partial charge in [-0.05, 0) is 18.2 Å². The van der Waals surface area contributed by atoms with Gasteiger partial charge in [-0.15, -0.1) is 0 Å². The van der Waals surface area contributed by atoms with Gasteiger partial charge in [-0.25, -0.2) is 0 Å². The number of hydrogen-bond acceptors (Lipinski definition) is 5. The van der Waals surface area contributed by atoms with E-state index in [-0.39, 0.29) is 17.4 Å². The summed E-state index contributed by atoms with van der Waals surface area (Å²) in [5.41, 5.74) is 6.91. The SMILES string of the molecule is CN1CC=C2C(C1)C(c1ccccc1)C(N)=C(C#N)C2(C#N)C#N. The molecule has 1 heterocycles. The zero-order valence-electron chi connectivity index (χ0n) is 13.4. The van der Waals surface area contributed by atoms with Crippen LogP contribution in [0.25, 0.3) is 0 Å². The predicted molar refractivity (Wildman–Crippen MR) is 88.7 cm³/mol. The van der Waals surface area contributed by atoms with E-state index in [0.717, 1.165) is 5.56 Å². The van der Waals surface area contributed by atoms with E-state index < -0.39 is 5.41 Å². The highest BCUT2D eigenvalue weighted by molar-refractivity contribution is 5.60. The molecule has 0 radical (unpaired) electrons. The Morgan fingerprint density at radius 1 is 1.17 bits per heavy atom. The number of rotatable bonds is 1. The van der Waals surface area contributed by atoms with Gasteiger partial charge in [-0.1, -0.05) is 36.4 Å². The Kier molecular flexibility index (Phi) is 3.86. The highest BCUT2D eigenvalue weighted by atomic mass is 15.1. The molecule has 5 nitrogen and oxygen atoms in total. The van der Waals surface area contributed by atoms with Crippen LogP contribution in [0.15, 0.2) is 53.3 Å². The molecule has 0 amide bonds. The van der Waals surface area contributed by atoms with Gasteiger partial charge >= 0.3 is 0 Å². The van der Waals surface area contributed by atoms with Crippen LogP contribution in [0.3, 0.4) is 0 Å². The quantitative estimate of drug-likeness (QED) is 0.799. The lowest BCUT2D eigenvalue weighted by Crippen LogP contribution is -2.46. The number of nitrogens with zero attached hydrogens (tertiary/aromatic N) is 4. The van der Waals surface area contributed by atoms with Gasteiger partial charge in [0.2, 0.25) is 5.41 Å².